The molecule has 1 aliphatic heterocycles. The van der Waals surface area contributed by atoms with Crippen LogP contribution < -0.4 is 10.6 Å². The van der Waals surface area contributed by atoms with Crippen LogP contribution in [0.3, 0.4) is 0 Å². The third-order valence-corrected chi connectivity index (χ3v) is 6.37. The second kappa shape index (κ2) is 14.3. The predicted molar refractivity (Wildman–Crippen MR) is 152 cm³/mol. The summed E-state index contributed by atoms with van der Waals surface area (Å²) in [6.07, 6.45) is -1.63. The smallest absolute Gasteiger partial charge is 0.407 e. The minimum absolute atomic E-state index is 0.281. The zero-order valence-corrected chi connectivity index (χ0v) is 23.9. The Balaban J connectivity index is 1.61. The van der Waals surface area contributed by atoms with Crippen molar-refractivity contribution >= 4 is 12.0 Å². The number of ether oxygens (including phenoxy) is 1. The van der Waals surface area contributed by atoms with Crippen molar-refractivity contribution in [2.45, 2.75) is 71.4 Å². The van der Waals surface area contributed by atoms with Crippen LogP contribution in [0.2, 0.25) is 0 Å². The summed E-state index contributed by atoms with van der Waals surface area (Å²) in [6.45, 7) is 9.58. The molecule has 4 N–H and O–H groups in total. The Morgan fingerprint density at radius 3 is 2.15 bits per heavy atom. The third kappa shape index (κ3) is 9.35. The van der Waals surface area contributed by atoms with Gasteiger partial charge in [-0.25, -0.2) is 4.79 Å². The van der Waals surface area contributed by atoms with Crippen LogP contribution in [0.4, 0.5) is 4.79 Å². The monoisotopic (exact) mass is 551 g/mol. The Kier molecular flexibility index (Phi) is 11.1. The van der Waals surface area contributed by atoms with Gasteiger partial charge in [0.1, 0.15) is 17.7 Å². The maximum Gasteiger partial charge on any atom is 0.407 e. The van der Waals surface area contributed by atoms with E-state index in [1.807, 2.05) is 55.5 Å². The number of nitrogens with zero attached hydrogens (tertiary/aromatic N) is 1. The van der Waals surface area contributed by atoms with Gasteiger partial charge in [0.05, 0.1) is 19.3 Å². The average molecular weight is 552 g/mol. The van der Waals surface area contributed by atoms with Gasteiger partial charge in [-0.05, 0) is 70.9 Å². The van der Waals surface area contributed by atoms with Crippen LogP contribution in [0.15, 0.2) is 48.5 Å². The molecule has 9 nitrogen and oxygen atoms in total. The molecule has 1 heterocycles. The van der Waals surface area contributed by atoms with Crippen LogP contribution in [0.5, 0.6) is 0 Å². The summed E-state index contributed by atoms with van der Waals surface area (Å²) in [5, 5.41) is 27.4. The summed E-state index contributed by atoms with van der Waals surface area (Å²) in [5.74, 6) is 5.38. The summed E-state index contributed by atoms with van der Waals surface area (Å²) in [4.78, 5) is 31.0. The van der Waals surface area contributed by atoms with Crippen molar-refractivity contribution in [2.24, 2.45) is 5.92 Å². The van der Waals surface area contributed by atoms with E-state index in [0.717, 1.165) is 16.7 Å². The van der Waals surface area contributed by atoms with E-state index in [4.69, 9.17) is 9.57 Å². The molecule has 2 aromatic rings. The molecule has 4 atom stereocenters. The Bertz CT molecular complexity index is 1180. The van der Waals surface area contributed by atoms with E-state index >= 15 is 0 Å². The average Bonchev–Trinajstić information content (AvgIpc) is 3.26. The fourth-order valence-corrected chi connectivity index (χ4v) is 4.37. The second-order valence-electron chi connectivity index (χ2n) is 11.1. The maximum absolute atomic E-state index is 13.2. The minimum Gasteiger partial charge on any atom is -0.444 e. The van der Waals surface area contributed by atoms with Gasteiger partial charge in [-0.2, -0.15) is 5.06 Å². The van der Waals surface area contributed by atoms with Gasteiger partial charge in [0.15, 0.2) is 0 Å². The summed E-state index contributed by atoms with van der Waals surface area (Å²) in [6, 6.07) is 14.9. The van der Waals surface area contributed by atoms with Crippen molar-refractivity contribution in [3.8, 4) is 11.8 Å². The molecule has 1 saturated heterocycles. The number of amides is 2. The molecule has 1 fully saturated rings. The summed E-state index contributed by atoms with van der Waals surface area (Å²) in [5.41, 5.74) is 3.29. The zero-order chi connectivity index (χ0) is 29.3. The van der Waals surface area contributed by atoms with Gasteiger partial charge in [0.2, 0.25) is 5.91 Å². The highest BCUT2D eigenvalue weighted by Gasteiger charge is 2.48. The molecule has 0 aromatic heterocycles. The van der Waals surface area contributed by atoms with Crippen LogP contribution in [-0.4, -0.2) is 70.8 Å². The lowest BCUT2D eigenvalue weighted by Crippen LogP contribution is -2.48. The Labute approximate surface area is 236 Å². The number of hydrogen-bond donors (Lipinski definition) is 4. The van der Waals surface area contributed by atoms with Gasteiger partial charge in [-0.1, -0.05) is 41.7 Å². The van der Waals surface area contributed by atoms with Crippen LogP contribution in [-0.2, 0) is 20.9 Å². The van der Waals surface area contributed by atoms with Gasteiger partial charge in [0, 0.05) is 30.1 Å². The van der Waals surface area contributed by atoms with Crippen molar-refractivity contribution in [1.82, 2.24) is 15.7 Å². The Hall–Kier alpha value is -3.42. The molecule has 2 amide bonds. The number of rotatable bonds is 9. The second-order valence-corrected chi connectivity index (χ2v) is 11.1. The lowest BCUT2D eigenvalue weighted by atomic mass is 9.92. The first-order valence-corrected chi connectivity index (χ1v) is 13.6. The number of hydroxylamine groups is 2. The van der Waals surface area contributed by atoms with Gasteiger partial charge in [0.25, 0.3) is 0 Å². The Morgan fingerprint density at radius 1 is 1.02 bits per heavy atom. The van der Waals surface area contributed by atoms with Crippen LogP contribution in [0.25, 0.3) is 0 Å². The number of benzene rings is 2. The summed E-state index contributed by atoms with van der Waals surface area (Å²) < 4.78 is 5.21. The largest absolute Gasteiger partial charge is 0.444 e. The molecule has 2 aromatic carbocycles. The SMILES string of the molecule is Cc1ccc(C#Cc2ccc(CN3OC([C@H](C)O)[C@@H](CO)[C@H]3C(=O)NCCCNC(=O)OC(C)(C)C)cc2)cc1. The number of aliphatic hydroxyl groups excluding tert-OH is 2. The Morgan fingerprint density at radius 2 is 1.60 bits per heavy atom. The number of nitrogens with one attached hydrogen (secondary N) is 2. The molecule has 0 radical (unpaired) electrons. The van der Waals surface area contributed by atoms with Crippen molar-refractivity contribution in [3.05, 3.63) is 70.8 Å². The fourth-order valence-electron chi connectivity index (χ4n) is 4.37. The van der Waals surface area contributed by atoms with Gasteiger partial charge in [-0.15, -0.1) is 0 Å². The van der Waals surface area contributed by atoms with E-state index in [-0.39, 0.29) is 19.1 Å². The zero-order valence-electron chi connectivity index (χ0n) is 23.9. The number of aryl methyl sites for hydroxylation is 1. The predicted octanol–water partition coefficient (Wildman–Crippen LogP) is 2.90. The van der Waals surface area contributed by atoms with Crippen molar-refractivity contribution in [1.29, 1.82) is 0 Å². The standard InChI is InChI=1S/C31H41N3O6/c1-21-7-9-23(10-8-21)11-12-24-13-15-25(16-14-24)19-34-27(26(20-35)28(40-34)22(2)36)29(37)32-17-6-18-33-30(38)39-31(3,4)5/h7-10,13-16,22,26-28,35-36H,6,17-20H2,1-5H3,(H,32,37)(H,33,38)/t22-,26-,27-,28?/m0/s1. The molecule has 1 unspecified atom stereocenters. The summed E-state index contributed by atoms with van der Waals surface area (Å²) in [7, 11) is 0. The van der Waals surface area contributed by atoms with Crippen molar-refractivity contribution in [2.75, 3.05) is 19.7 Å². The molecule has 1 aliphatic rings. The fraction of sp³-hybridized carbons (Fsp3) is 0.484. The van der Waals surface area contributed by atoms with E-state index < -0.39 is 35.9 Å². The minimum atomic E-state index is -0.880. The molecule has 0 bridgehead atoms. The first-order valence-electron chi connectivity index (χ1n) is 13.6. The maximum atomic E-state index is 13.2. The normalized spacial score (nSPS) is 19.8. The van der Waals surface area contributed by atoms with Gasteiger partial charge in [-0.3, -0.25) is 9.63 Å². The molecule has 3 rings (SSSR count). The lowest BCUT2D eigenvalue weighted by molar-refractivity contribution is -0.192. The van der Waals surface area contributed by atoms with E-state index in [2.05, 4.69) is 22.5 Å². The first kappa shape index (κ1) is 31.1. The van der Waals surface area contributed by atoms with E-state index in [0.29, 0.717) is 19.5 Å². The number of hydrogen-bond acceptors (Lipinski definition) is 7. The highest BCUT2D eigenvalue weighted by atomic mass is 16.7. The highest BCUT2D eigenvalue weighted by Crippen LogP contribution is 2.31. The topological polar surface area (TPSA) is 120 Å². The highest BCUT2D eigenvalue weighted by molar-refractivity contribution is 5.82. The molecule has 9 heteroatoms. The number of alkyl carbamates (subject to hydrolysis) is 1. The third-order valence-electron chi connectivity index (χ3n) is 6.37. The van der Waals surface area contributed by atoms with Crippen LogP contribution in [0, 0.1) is 24.7 Å². The molecular formula is C31H41N3O6. The number of aliphatic hydroxyl groups is 2. The van der Waals surface area contributed by atoms with E-state index in [9.17, 15) is 19.8 Å². The molecule has 0 spiro atoms. The summed E-state index contributed by atoms with van der Waals surface area (Å²) >= 11 is 0. The number of carbonyl (C=O) groups excluding carboxylic acids is 2. The molecule has 0 aliphatic carbocycles. The van der Waals surface area contributed by atoms with Crippen molar-refractivity contribution < 1.29 is 29.4 Å². The van der Waals surface area contributed by atoms with Crippen molar-refractivity contribution in [3.63, 3.8) is 0 Å². The lowest BCUT2D eigenvalue weighted by Gasteiger charge is -2.24. The molecule has 216 valence electrons. The van der Waals surface area contributed by atoms with Crippen LogP contribution >= 0.6 is 0 Å². The van der Waals surface area contributed by atoms with Gasteiger partial charge < -0.3 is 25.6 Å². The van der Waals surface area contributed by atoms with E-state index in [1.54, 1.807) is 27.7 Å². The molecular weight excluding hydrogens is 510 g/mol. The van der Waals surface area contributed by atoms with Crippen LogP contribution in [0.1, 0.15) is 56.4 Å². The quantitative estimate of drug-likeness (QED) is 0.279. The van der Waals surface area contributed by atoms with Gasteiger partial charge >= 0.3 is 6.09 Å². The molecule has 0 saturated carbocycles. The first-order chi connectivity index (χ1) is 19.0. The van der Waals surface area contributed by atoms with E-state index in [1.165, 1.54) is 10.6 Å². The number of carbonyl (C=O) groups is 2. The molecule has 40 heavy (non-hydrogen) atoms.